The highest BCUT2D eigenvalue weighted by Crippen LogP contribution is 2.35. The van der Waals surface area contributed by atoms with Crippen LogP contribution in [0.15, 0.2) is 66.7 Å². The van der Waals surface area contributed by atoms with Crippen molar-refractivity contribution in [2.75, 3.05) is 5.32 Å². The zero-order valence-electron chi connectivity index (χ0n) is 17.6. The van der Waals surface area contributed by atoms with Crippen LogP contribution >= 0.6 is 11.6 Å². The zero-order valence-corrected chi connectivity index (χ0v) is 18.3. The Balaban J connectivity index is 2.06. The Kier molecular flexibility index (Phi) is 7.14. The number of carboxylic acid groups (broad SMARTS) is 1. The molecule has 0 fully saturated rings. The van der Waals surface area contributed by atoms with Crippen LogP contribution < -0.4 is 5.32 Å². The molecule has 168 valence electrons. The van der Waals surface area contributed by atoms with Gasteiger partial charge in [0.1, 0.15) is 0 Å². The first kappa shape index (κ1) is 23.7. The van der Waals surface area contributed by atoms with E-state index >= 15 is 0 Å². The van der Waals surface area contributed by atoms with Crippen molar-refractivity contribution in [1.82, 2.24) is 0 Å². The van der Waals surface area contributed by atoms with Crippen molar-refractivity contribution in [1.29, 1.82) is 0 Å². The Labute approximate surface area is 189 Å². The fourth-order valence-corrected chi connectivity index (χ4v) is 3.62. The van der Waals surface area contributed by atoms with Crippen LogP contribution in [-0.2, 0) is 11.0 Å². The third-order valence-corrected chi connectivity index (χ3v) is 5.29. The zero-order chi connectivity index (χ0) is 23.5. The highest BCUT2D eigenvalue weighted by Gasteiger charge is 2.30. The molecule has 0 aliphatic heterocycles. The topological polar surface area (TPSA) is 49.3 Å². The third kappa shape index (κ3) is 6.04. The van der Waals surface area contributed by atoms with E-state index < -0.39 is 23.6 Å². The maximum atomic E-state index is 13.0. The van der Waals surface area contributed by atoms with Gasteiger partial charge in [-0.25, -0.2) is 0 Å². The summed E-state index contributed by atoms with van der Waals surface area (Å²) < 4.78 is 38.9. The second kappa shape index (κ2) is 9.65. The molecule has 3 aromatic rings. The van der Waals surface area contributed by atoms with Gasteiger partial charge in [-0.05, 0) is 77.6 Å². The monoisotopic (exact) mass is 461 g/mol. The molecule has 0 saturated carbocycles. The van der Waals surface area contributed by atoms with E-state index in [9.17, 15) is 23.1 Å². The number of benzene rings is 3. The molecule has 0 spiro atoms. The number of aliphatic carboxylic acids is 1. The summed E-state index contributed by atoms with van der Waals surface area (Å²) in [4.78, 5) is 12.0. The Morgan fingerprint density at radius 1 is 0.938 bits per heavy atom. The van der Waals surface area contributed by atoms with E-state index in [-0.39, 0.29) is 5.92 Å². The van der Waals surface area contributed by atoms with Crippen molar-refractivity contribution in [3.05, 3.63) is 82.9 Å². The van der Waals surface area contributed by atoms with E-state index in [1.807, 2.05) is 13.8 Å². The molecule has 0 aliphatic rings. The first-order valence-electron chi connectivity index (χ1n) is 10.1. The van der Waals surface area contributed by atoms with Crippen LogP contribution in [-0.4, -0.2) is 11.1 Å². The minimum Gasteiger partial charge on any atom is -0.481 e. The van der Waals surface area contributed by atoms with Crippen molar-refractivity contribution in [3.8, 4) is 11.1 Å². The normalized spacial score (nSPS) is 12.6. The number of anilines is 2. The highest BCUT2D eigenvalue weighted by molar-refractivity contribution is 6.30. The molecular formula is C25H23ClF3NO2. The molecule has 3 rings (SSSR count). The summed E-state index contributed by atoms with van der Waals surface area (Å²) in [7, 11) is 0. The minimum atomic E-state index is -4.42. The van der Waals surface area contributed by atoms with Crippen LogP contribution in [0.4, 0.5) is 24.5 Å². The Hall–Kier alpha value is -2.99. The lowest BCUT2D eigenvalue weighted by molar-refractivity contribution is -0.139. The fourth-order valence-electron chi connectivity index (χ4n) is 3.49. The Bertz CT molecular complexity index is 1080. The second-order valence-electron chi connectivity index (χ2n) is 8.07. The van der Waals surface area contributed by atoms with E-state index in [4.69, 9.17) is 11.6 Å². The van der Waals surface area contributed by atoms with E-state index in [2.05, 4.69) is 5.32 Å². The molecule has 0 heterocycles. The molecule has 0 radical (unpaired) electrons. The molecule has 0 aromatic heterocycles. The largest absolute Gasteiger partial charge is 0.481 e. The van der Waals surface area contributed by atoms with Gasteiger partial charge in [-0.3, -0.25) is 4.79 Å². The average Bonchev–Trinajstić information content (AvgIpc) is 2.72. The summed E-state index contributed by atoms with van der Waals surface area (Å²) >= 11 is 5.94. The number of rotatable bonds is 7. The fraction of sp³-hybridized carbons (Fsp3) is 0.240. The van der Waals surface area contributed by atoms with Crippen LogP contribution in [0, 0.1) is 5.92 Å². The van der Waals surface area contributed by atoms with Crippen molar-refractivity contribution in [3.63, 3.8) is 0 Å². The lowest BCUT2D eigenvalue weighted by Gasteiger charge is -2.19. The van der Waals surface area contributed by atoms with E-state index in [1.165, 1.54) is 12.1 Å². The summed E-state index contributed by atoms with van der Waals surface area (Å²) in [5, 5.41) is 13.6. The van der Waals surface area contributed by atoms with Gasteiger partial charge in [-0.15, -0.1) is 0 Å². The lowest BCUT2D eigenvalue weighted by atomic mass is 9.88. The number of carbonyl (C=O) groups is 1. The van der Waals surface area contributed by atoms with Crippen molar-refractivity contribution < 1.29 is 23.1 Å². The summed E-state index contributed by atoms with van der Waals surface area (Å²) in [5.74, 6) is -1.53. The second-order valence-corrected chi connectivity index (χ2v) is 8.51. The van der Waals surface area contributed by atoms with Crippen LogP contribution in [0.3, 0.4) is 0 Å². The molecule has 2 N–H and O–H groups in total. The highest BCUT2D eigenvalue weighted by atomic mass is 35.5. The van der Waals surface area contributed by atoms with E-state index in [0.29, 0.717) is 33.8 Å². The standard InChI is InChI=1S/C25H23ClF3NO2/c1-15(2)11-23(24(31)32)18-12-17(16-3-5-19(6-4-16)25(27,28)29)13-22(14-18)30-21-9-7-20(26)8-10-21/h3-10,12-15,23,30H,11H2,1-2H3,(H,31,32). The van der Waals surface area contributed by atoms with Gasteiger partial charge in [-0.1, -0.05) is 43.6 Å². The van der Waals surface area contributed by atoms with Crippen LogP contribution in [0.25, 0.3) is 11.1 Å². The van der Waals surface area contributed by atoms with E-state index in [1.54, 1.807) is 42.5 Å². The molecule has 0 saturated heterocycles. The predicted molar refractivity (Wildman–Crippen MR) is 121 cm³/mol. The van der Waals surface area contributed by atoms with Crippen molar-refractivity contribution >= 4 is 28.9 Å². The molecule has 1 atom stereocenters. The summed E-state index contributed by atoms with van der Waals surface area (Å²) in [6.45, 7) is 3.89. The quantitative estimate of drug-likeness (QED) is 0.375. The first-order valence-corrected chi connectivity index (χ1v) is 10.5. The molecular weight excluding hydrogens is 439 g/mol. The van der Waals surface area contributed by atoms with Crippen molar-refractivity contribution in [2.24, 2.45) is 5.92 Å². The molecule has 0 amide bonds. The SMILES string of the molecule is CC(C)CC(C(=O)O)c1cc(Nc2ccc(Cl)cc2)cc(-c2ccc(C(F)(F)F)cc2)c1. The van der Waals surface area contributed by atoms with Gasteiger partial charge >= 0.3 is 12.1 Å². The van der Waals surface area contributed by atoms with E-state index in [0.717, 1.165) is 17.8 Å². The summed E-state index contributed by atoms with van der Waals surface area (Å²) in [6.07, 6.45) is -3.99. The summed E-state index contributed by atoms with van der Waals surface area (Å²) in [5.41, 5.74) is 2.42. The molecule has 7 heteroatoms. The minimum absolute atomic E-state index is 0.151. The van der Waals surface area contributed by atoms with Gasteiger partial charge in [0.2, 0.25) is 0 Å². The Morgan fingerprint density at radius 3 is 2.09 bits per heavy atom. The van der Waals surface area contributed by atoms with Crippen molar-refractivity contribution in [2.45, 2.75) is 32.4 Å². The third-order valence-electron chi connectivity index (χ3n) is 5.04. The van der Waals surface area contributed by atoms with Crippen LogP contribution in [0.5, 0.6) is 0 Å². The van der Waals surface area contributed by atoms with Crippen LogP contribution in [0.2, 0.25) is 5.02 Å². The predicted octanol–water partition coefficient (Wildman–Crippen LogP) is 7.98. The molecule has 1 unspecified atom stereocenters. The number of nitrogens with one attached hydrogen (secondary N) is 1. The summed E-state index contributed by atoms with van der Waals surface area (Å²) in [6, 6.07) is 17.2. The number of halogens is 4. The molecule has 3 aromatic carbocycles. The van der Waals surface area contributed by atoms with Gasteiger partial charge < -0.3 is 10.4 Å². The van der Waals surface area contributed by atoms with Gasteiger partial charge in [0.25, 0.3) is 0 Å². The smallest absolute Gasteiger partial charge is 0.416 e. The van der Waals surface area contributed by atoms with Gasteiger partial charge in [0.15, 0.2) is 0 Å². The van der Waals surface area contributed by atoms with Gasteiger partial charge in [0.05, 0.1) is 11.5 Å². The number of alkyl halides is 3. The molecule has 3 nitrogen and oxygen atoms in total. The average molecular weight is 462 g/mol. The molecule has 0 bridgehead atoms. The Morgan fingerprint density at radius 2 is 1.56 bits per heavy atom. The maximum absolute atomic E-state index is 13.0. The first-order chi connectivity index (χ1) is 15.0. The maximum Gasteiger partial charge on any atom is 0.416 e. The lowest BCUT2D eigenvalue weighted by Crippen LogP contribution is -2.14. The molecule has 0 aliphatic carbocycles. The van der Waals surface area contributed by atoms with Gasteiger partial charge in [-0.2, -0.15) is 13.2 Å². The number of carboxylic acids is 1. The number of hydrogen-bond donors (Lipinski definition) is 2. The number of hydrogen-bond acceptors (Lipinski definition) is 2. The molecule has 32 heavy (non-hydrogen) atoms. The van der Waals surface area contributed by atoms with Crippen LogP contribution in [0.1, 0.15) is 37.3 Å². The van der Waals surface area contributed by atoms with Gasteiger partial charge in [0, 0.05) is 16.4 Å².